The van der Waals surface area contributed by atoms with Gasteiger partial charge < -0.3 is 15.6 Å². The third-order valence-electron chi connectivity index (χ3n) is 1.98. The molecule has 3 N–H and O–H groups in total. The highest BCUT2D eigenvalue weighted by molar-refractivity contribution is 6.31. The number of nitrogens with zero attached hydrogens (tertiary/aromatic N) is 1. The van der Waals surface area contributed by atoms with Crippen LogP contribution in [0.5, 0.6) is 5.88 Å². The van der Waals surface area contributed by atoms with E-state index < -0.39 is 11.9 Å². The van der Waals surface area contributed by atoms with Crippen LogP contribution in [0.25, 0.3) is 0 Å². The summed E-state index contributed by atoms with van der Waals surface area (Å²) < 4.78 is 4.88. The molecular formula is C9H11ClN2O3. The van der Waals surface area contributed by atoms with Crippen molar-refractivity contribution >= 4 is 17.6 Å². The highest BCUT2D eigenvalue weighted by Gasteiger charge is 2.21. The molecule has 15 heavy (non-hydrogen) atoms. The van der Waals surface area contributed by atoms with Crippen molar-refractivity contribution in [3.63, 3.8) is 0 Å². The second-order valence-electron chi connectivity index (χ2n) is 2.87. The monoisotopic (exact) mass is 230 g/mol. The fourth-order valence-corrected chi connectivity index (χ4v) is 1.41. The zero-order valence-electron chi connectivity index (χ0n) is 8.11. The number of ether oxygens (including phenoxy) is 1. The van der Waals surface area contributed by atoms with Gasteiger partial charge in [0, 0.05) is 18.8 Å². The summed E-state index contributed by atoms with van der Waals surface area (Å²) >= 11 is 5.83. The first kappa shape index (κ1) is 11.7. The van der Waals surface area contributed by atoms with Gasteiger partial charge in [0.1, 0.15) is 0 Å². The Hall–Kier alpha value is -1.33. The summed E-state index contributed by atoms with van der Waals surface area (Å²) in [5, 5.41) is 9.19. The zero-order valence-corrected chi connectivity index (χ0v) is 8.86. The largest absolute Gasteiger partial charge is 0.481 e. The SMILES string of the molecule is COc1cc(C(CN)C(=O)O)c(Cl)cn1. The number of carbonyl (C=O) groups is 1. The normalized spacial score (nSPS) is 12.2. The average molecular weight is 231 g/mol. The summed E-state index contributed by atoms with van der Waals surface area (Å²) in [6.07, 6.45) is 1.35. The maximum Gasteiger partial charge on any atom is 0.312 e. The Kier molecular flexibility index (Phi) is 3.88. The molecule has 5 nitrogen and oxygen atoms in total. The quantitative estimate of drug-likeness (QED) is 0.802. The molecule has 0 fully saturated rings. The van der Waals surface area contributed by atoms with Crippen molar-refractivity contribution in [2.45, 2.75) is 5.92 Å². The van der Waals surface area contributed by atoms with Gasteiger partial charge in [0.25, 0.3) is 0 Å². The molecular weight excluding hydrogens is 220 g/mol. The van der Waals surface area contributed by atoms with Crippen molar-refractivity contribution in [1.82, 2.24) is 4.98 Å². The molecule has 1 aromatic rings. The number of halogens is 1. The lowest BCUT2D eigenvalue weighted by Crippen LogP contribution is -2.21. The lowest BCUT2D eigenvalue weighted by atomic mass is 10.0. The first-order chi connectivity index (χ1) is 7.10. The summed E-state index contributed by atoms with van der Waals surface area (Å²) in [6.45, 7) is -0.0256. The lowest BCUT2D eigenvalue weighted by Gasteiger charge is -2.12. The molecule has 0 aliphatic carbocycles. The maximum atomic E-state index is 10.9. The average Bonchev–Trinajstić information content (AvgIpc) is 2.21. The Balaban J connectivity index is 3.15. The molecule has 0 saturated carbocycles. The van der Waals surface area contributed by atoms with Crippen molar-refractivity contribution in [3.05, 3.63) is 22.8 Å². The first-order valence-corrected chi connectivity index (χ1v) is 4.60. The molecule has 1 unspecified atom stereocenters. The highest BCUT2D eigenvalue weighted by atomic mass is 35.5. The Morgan fingerprint density at radius 1 is 1.80 bits per heavy atom. The highest BCUT2D eigenvalue weighted by Crippen LogP contribution is 2.26. The summed E-state index contributed by atoms with van der Waals surface area (Å²) in [5.41, 5.74) is 5.78. The summed E-state index contributed by atoms with van der Waals surface area (Å²) in [4.78, 5) is 14.7. The predicted molar refractivity (Wildman–Crippen MR) is 55.2 cm³/mol. The van der Waals surface area contributed by atoms with E-state index in [2.05, 4.69) is 4.98 Å². The van der Waals surface area contributed by atoms with E-state index in [9.17, 15) is 4.79 Å². The van der Waals surface area contributed by atoms with Crippen LogP contribution in [0.2, 0.25) is 5.02 Å². The minimum absolute atomic E-state index is 0.0256. The molecule has 0 bridgehead atoms. The molecule has 1 heterocycles. The number of aliphatic carboxylic acids is 1. The van der Waals surface area contributed by atoms with E-state index in [0.717, 1.165) is 0 Å². The molecule has 0 spiro atoms. The van der Waals surface area contributed by atoms with Gasteiger partial charge in [-0.05, 0) is 5.56 Å². The fourth-order valence-electron chi connectivity index (χ4n) is 1.17. The van der Waals surface area contributed by atoms with Crippen LogP contribution >= 0.6 is 11.6 Å². The third-order valence-corrected chi connectivity index (χ3v) is 2.29. The van der Waals surface area contributed by atoms with Gasteiger partial charge in [0.05, 0.1) is 18.1 Å². The molecule has 0 amide bonds. The van der Waals surface area contributed by atoms with Crippen LogP contribution in [0.1, 0.15) is 11.5 Å². The van der Waals surface area contributed by atoms with Gasteiger partial charge in [0.15, 0.2) is 0 Å². The predicted octanol–water partition coefficient (Wildman–Crippen LogP) is 0.871. The number of aromatic nitrogens is 1. The molecule has 6 heteroatoms. The molecule has 0 saturated heterocycles. The Bertz CT molecular complexity index is 370. The summed E-state index contributed by atoms with van der Waals surface area (Å²) in [6, 6.07) is 1.48. The van der Waals surface area contributed by atoms with E-state index in [1.54, 1.807) is 0 Å². The van der Waals surface area contributed by atoms with E-state index in [0.29, 0.717) is 11.4 Å². The number of pyridine rings is 1. The van der Waals surface area contributed by atoms with E-state index in [1.807, 2.05) is 0 Å². The van der Waals surface area contributed by atoms with Gasteiger partial charge in [-0.25, -0.2) is 4.98 Å². The van der Waals surface area contributed by atoms with Gasteiger partial charge in [-0.3, -0.25) is 4.79 Å². The van der Waals surface area contributed by atoms with Gasteiger partial charge in [-0.15, -0.1) is 0 Å². The number of carboxylic acids is 1. The Morgan fingerprint density at radius 2 is 2.47 bits per heavy atom. The molecule has 82 valence electrons. The second-order valence-corrected chi connectivity index (χ2v) is 3.28. The number of rotatable bonds is 4. The minimum atomic E-state index is -1.02. The van der Waals surface area contributed by atoms with Crippen LogP contribution < -0.4 is 10.5 Å². The van der Waals surface area contributed by atoms with Crippen LogP contribution in [-0.2, 0) is 4.79 Å². The summed E-state index contributed by atoms with van der Waals surface area (Å²) in [5.74, 6) is -1.55. The van der Waals surface area contributed by atoms with Crippen molar-refractivity contribution in [2.75, 3.05) is 13.7 Å². The molecule has 0 aromatic carbocycles. The molecule has 0 aliphatic rings. The number of hydrogen-bond donors (Lipinski definition) is 2. The van der Waals surface area contributed by atoms with Gasteiger partial charge in [0.2, 0.25) is 5.88 Å². The lowest BCUT2D eigenvalue weighted by molar-refractivity contribution is -0.138. The fraction of sp³-hybridized carbons (Fsp3) is 0.333. The second kappa shape index (κ2) is 4.95. The standard InChI is InChI=1S/C9H11ClN2O3/c1-15-8-2-5(7(10)4-12-8)6(3-11)9(13)14/h2,4,6H,3,11H2,1H3,(H,13,14). The molecule has 1 rings (SSSR count). The van der Waals surface area contributed by atoms with Crippen LogP contribution in [-0.4, -0.2) is 29.7 Å². The smallest absolute Gasteiger partial charge is 0.312 e. The Morgan fingerprint density at radius 3 is 2.93 bits per heavy atom. The van der Waals surface area contributed by atoms with Crippen molar-refractivity contribution in [1.29, 1.82) is 0 Å². The van der Waals surface area contributed by atoms with Crippen LogP contribution in [0.4, 0.5) is 0 Å². The van der Waals surface area contributed by atoms with Crippen LogP contribution in [0, 0.1) is 0 Å². The van der Waals surface area contributed by atoms with Crippen molar-refractivity contribution in [2.24, 2.45) is 5.73 Å². The van der Waals surface area contributed by atoms with Gasteiger partial charge in [-0.1, -0.05) is 11.6 Å². The Labute approximate surface area is 91.8 Å². The van der Waals surface area contributed by atoms with Crippen molar-refractivity contribution < 1.29 is 14.6 Å². The van der Waals surface area contributed by atoms with Crippen molar-refractivity contribution in [3.8, 4) is 5.88 Å². The molecule has 1 aromatic heterocycles. The van der Waals surface area contributed by atoms with Crippen LogP contribution in [0.15, 0.2) is 12.3 Å². The number of methoxy groups -OCH3 is 1. The summed E-state index contributed by atoms with van der Waals surface area (Å²) in [7, 11) is 1.44. The van der Waals surface area contributed by atoms with E-state index in [-0.39, 0.29) is 11.6 Å². The topological polar surface area (TPSA) is 85.4 Å². The maximum absolute atomic E-state index is 10.9. The molecule has 0 radical (unpaired) electrons. The van der Waals surface area contributed by atoms with E-state index >= 15 is 0 Å². The molecule has 1 atom stereocenters. The first-order valence-electron chi connectivity index (χ1n) is 4.22. The zero-order chi connectivity index (χ0) is 11.4. The minimum Gasteiger partial charge on any atom is -0.481 e. The van der Waals surface area contributed by atoms with Crippen LogP contribution in [0.3, 0.4) is 0 Å². The molecule has 0 aliphatic heterocycles. The van der Waals surface area contributed by atoms with E-state index in [4.69, 9.17) is 27.2 Å². The van der Waals surface area contributed by atoms with Gasteiger partial charge >= 0.3 is 5.97 Å². The van der Waals surface area contributed by atoms with Gasteiger partial charge in [-0.2, -0.15) is 0 Å². The number of carboxylic acid groups (broad SMARTS) is 1. The number of hydrogen-bond acceptors (Lipinski definition) is 4. The third kappa shape index (κ3) is 2.57. The number of nitrogens with two attached hydrogens (primary N) is 1. The van der Waals surface area contributed by atoms with E-state index in [1.165, 1.54) is 19.4 Å².